The van der Waals surface area contributed by atoms with Crippen LogP contribution in [0.1, 0.15) is 25.8 Å². The Morgan fingerprint density at radius 3 is 2.53 bits per heavy atom. The lowest BCUT2D eigenvalue weighted by Gasteiger charge is -2.10. The summed E-state index contributed by atoms with van der Waals surface area (Å²) < 4.78 is 10.5. The van der Waals surface area contributed by atoms with Crippen molar-refractivity contribution in [2.75, 3.05) is 14.2 Å². The number of rotatable bonds is 4. The van der Waals surface area contributed by atoms with Crippen LogP contribution in [0.15, 0.2) is 24.3 Å². The highest BCUT2D eigenvalue weighted by Gasteiger charge is 2.05. The van der Waals surface area contributed by atoms with Gasteiger partial charge in [-0.05, 0) is 31.1 Å². The molecule has 0 heterocycles. The number of benzene rings is 1. The fourth-order valence-electron chi connectivity index (χ4n) is 1.54. The third-order valence-electron chi connectivity index (χ3n) is 2.34. The Morgan fingerprint density at radius 1 is 1.27 bits per heavy atom. The van der Waals surface area contributed by atoms with E-state index in [0.717, 1.165) is 23.5 Å². The van der Waals surface area contributed by atoms with E-state index in [4.69, 9.17) is 9.47 Å². The Morgan fingerprint density at radius 2 is 2.00 bits per heavy atom. The molecule has 1 rings (SSSR count). The van der Waals surface area contributed by atoms with Crippen LogP contribution in [-0.2, 0) is 0 Å². The van der Waals surface area contributed by atoms with E-state index in [1.54, 1.807) is 14.2 Å². The molecule has 0 fully saturated rings. The van der Waals surface area contributed by atoms with Crippen molar-refractivity contribution in [3.63, 3.8) is 0 Å². The van der Waals surface area contributed by atoms with Gasteiger partial charge >= 0.3 is 0 Å². The summed E-state index contributed by atoms with van der Waals surface area (Å²) in [5, 5.41) is 0. The summed E-state index contributed by atoms with van der Waals surface area (Å²) >= 11 is 0. The topological polar surface area (TPSA) is 18.5 Å². The van der Waals surface area contributed by atoms with Crippen molar-refractivity contribution in [2.24, 2.45) is 0 Å². The van der Waals surface area contributed by atoms with E-state index in [0.29, 0.717) is 0 Å². The molecule has 2 nitrogen and oxygen atoms in total. The molecule has 0 unspecified atom stereocenters. The third-order valence-corrected chi connectivity index (χ3v) is 2.34. The normalized spacial score (nSPS) is 11.3. The molecule has 0 aliphatic rings. The molecule has 0 bridgehead atoms. The third kappa shape index (κ3) is 2.75. The monoisotopic (exact) mass is 206 g/mol. The summed E-state index contributed by atoms with van der Waals surface area (Å²) in [4.78, 5) is 0. The first-order chi connectivity index (χ1) is 7.22. The van der Waals surface area contributed by atoms with E-state index >= 15 is 0 Å². The Hall–Kier alpha value is -1.44. The Balaban J connectivity index is 3.13. The molecule has 0 saturated carbocycles. The van der Waals surface area contributed by atoms with E-state index in [1.807, 2.05) is 18.2 Å². The molecular formula is C13H18O2. The molecule has 0 N–H and O–H groups in total. The van der Waals surface area contributed by atoms with Crippen LogP contribution in [0.2, 0.25) is 0 Å². The van der Waals surface area contributed by atoms with Crippen molar-refractivity contribution in [2.45, 2.75) is 20.3 Å². The molecule has 1 aromatic carbocycles. The summed E-state index contributed by atoms with van der Waals surface area (Å²) in [7, 11) is 3.33. The molecule has 0 spiro atoms. The standard InChI is InChI=1S/C13H18O2/c1-5-6-10(2)12-8-7-11(14-3)9-13(12)15-4/h6-9H,5H2,1-4H3. The molecule has 0 aliphatic carbocycles. The zero-order valence-electron chi connectivity index (χ0n) is 9.83. The van der Waals surface area contributed by atoms with Gasteiger partial charge in [-0.3, -0.25) is 0 Å². The molecule has 0 saturated heterocycles. The molecule has 15 heavy (non-hydrogen) atoms. The van der Waals surface area contributed by atoms with Crippen LogP contribution in [0.25, 0.3) is 5.57 Å². The SMILES string of the molecule is CCC=C(C)c1ccc(OC)cc1OC. The fraction of sp³-hybridized carbons (Fsp3) is 0.385. The Kier molecular flexibility index (Phi) is 4.22. The van der Waals surface area contributed by atoms with Gasteiger partial charge in [0, 0.05) is 11.6 Å². The summed E-state index contributed by atoms with van der Waals surface area (Å²) in [6, 6.07) is 5.88. The minimum atomic E-state index is 0.819. The minimum absolute atomic E-state index is 0.819. The van der Waals surface area contributed by atoms with Crippen LogP contribution in [0, 0.1) is 0 Å². The van der Waals surface area contributed by atoms with Crippen LogP contribution in [0.4, 0.5) is 0 Å². The number of hydrogen-bond donors (Lipinski definition) is 0. The minimum Gasteiger partial charge on any atom is -0.497 e. The summed E-state index contributed by atoms with van der Waals surface area (Å²) in [5.41, 5.74) is 2.36. The molecular weight excluding hydrogens is 188 g/mol. The lowest BCUT2D eigenvalue weighted by atomic mass is 10.1. The lowest BCUT2D eigenvalue weighted by molar-refractivity contribution is 0.393. The molecule has 0 radical (unpaired) electrons. The van der Waals surface area contributed by atoms with Gasteiger partial charge in [0.05, 0.1) is 14.2 Å². The maximum absolute atomic E-state index is 5.33. The predicted octanol–water partition coefficient (Wildman–Crippen LogP) is 3.52. The van der Waals surface area contributed by atoms with Gasteiger partial charge in [-0.25, -0.2) is 0 Å². The van der Waals surface area contributed by atoms with Crippen molar-refractivity contribution in [3.8, 4) is 11.5 Å². The van der Waals surface area contributed by atoms with Gasteiger partial charge in [-0.15, -0.1) is 0 Å². The van der Waals surface area contributed by atoms with Crippen molar-refractivity contribution in [1.82, 2.24) is 0 Å². The molecule has 0 amide bonds. The van der Waals surface area contributed by atoms with Gasteiger partial charge in [0.25, 0.3) is 0 Å². The highest BCUT2D eigenvalue weighted by molar-refractivity contribution is 5.69. The summed E-state index contributed by atoms with van der Waals surface area (Å²) in [5.74, 6) is 1.68. The Bertz CT molecular complexity index is 354. The zero-order chi connectivity index (χ0) is 11.3. The van der Waals surface area contributed by atoms with Gasteiger partial charge in [-0.2, -0.15) is 0 Å². The first-order valence-electron chi connectivity index (χ1n) is 5.12. The van der Waals surface area contributed by atoms with Crippen LogP contribution in [0.5, 0.6) is 11.5 Å². The molecule has 0 aliphatic heterocycles. The number of methoxy groups -OCH3 is 2. The first kappa shape index (κ1) is 11.6. The second kappa shape index (κ2) is 5.44. The largest absolute Gasteiger partial charge is 0.497 e. The van der Waals surface area contributed by atoms with E-state index in [-0.39, 0.29) is 0 Å². The van der Waals surface area contributed by atoms with E-state index < -0.39 is 0 Å². The van der Waals surface area contributed by atoms with Gasteiger partial charge in [0.15, 0.2) is 0 Å². The van der Waals surface area contributed by atoms with Crippen LogP contribution < -0.4 is 9.47 Å². The quantitative estimate of drug-likeness (QED) is 0.750. The van der Waals surface area contributed by atoms with Gasteiger partial charge in [0.2, 0.25) is 0 Å². The second-order valence-electron chi connectivity index (χ2n) is 3.36. The summed E-state index contributed by atoms with van der Waals surface area (Å²) in [6.07, 6.45) is 3.21. The summed E-state index contributed by atoms with van der Waals surface area (Å²) in [6.45, 7) is 4.22. The van der Waals surface area contributed by atoms with Gasteiger partial charge in [-0.1, -0.05) is 13.0 Å². The molecule has 2 heteroatoms. The highest BCUT2D eigenvalue weighted by atomic mass is 16.5. The number of allylic oxidation sites excluding steroid dienone is 2. The van der Waals surface area contributed by atoms with Crippen LogP contribution >= 0.6 is 0 Å². The molecule has 1 aromatic rings. The smallest absolute Gasteiger partial charge is 0.130 e. The average molecular weight is 206 g/mol. The predicted molar refractivity (Wildman–Crippen MR) is 63.5 cm³/mol. The van der Waals surface area contributed by atoms with Crippen molar-refractivity contribution in [1.29, 1.82) is 0 Å². The molecule has 0 aromatic heterocycles. The van der Waals surface area contributed by atoms with Crippen molar-refractivity contribution in [3.05, 3.63) is 29.8 Å². The van der Waals surface area contributed by atoms with Gasteiger partial charge in [0.1, 0.15) is 11.5 Å². The maximum Gasteiger partial charge on any atom is 0.130 e. The first-order valence-corrected chi connectivity index (χ1v) is 5.12. The van der Waals surface area contributed by atoms with Crippen molar-refractivity contribution >= 4 is 5.57 Å². The zero-order valence-corrected chi connectivity index (χ0v) is 9.83. The Labute approximate surface area is 91.5 Å². The lowest BCUT2D eigenvalue weighted by Crippen LogP contribution is -1.91. The maximum atomic E-state index is 5.33. The highest BCUT2D eigenvalue weighted by Crippen LogP contribution is 2.29. The fourth-order valence-corrected chi connectivity index (χ4v) is 1.54. The molecule has 82 valence electrons. The van der Waals surface area contributed by atoms with E-state index in [9.17, 15) is 0 Å². The molecule has 0 atom stereocenters. The van der Waals surface area contributed by atoms with Crippen LogP contribution in [0.3, 0.4) is 0 Å². The van der Waals surface area contributed by atoms with Crippen LogP contribution in [-0.4, -0.2) is 14.2 Å². The second-order valence-corrected chi connectivity index (χ2v) is 3.36. The van der Waals surface area contributed by atoms with Gasteiger partial charge < -0.3 is 9.47 Å². The number of ether oxygens (including phenoxy) is 2. The van der Waals surface area contributed by atoms with E-state index in [2.05, 4.69) is 19.9 Å². The number of hydrogen-bond acceptors (Lipinski definition) is 2. The van der Waals surface area contributed by atoms with E-state index in [1.165, 1.54) is 5.57 Å². The van der Waals surface area contributed by atoms with Crippen molar-refractivity contribution < 1.29 is 9.47 Å². The average Bonchev–Trinajstić information content (AvgIpc) is 2.28.